The van der Waals surface area contributed by atoms with Gasteiger partial charge in [0.25, 0.3) is 0 Å². The first-order valence-corrected chi connectivity index (χ1v) is 4.64. The molecule has 2 rings (SSSR count). The van der Waals surface area contributed by atoms with E-state index in [1.807, 2.05) is 13.0 Å². The summed E-state index contributed by atoms with van der Waals surface area (Å²) in [6, 6.07) is 5.30. The topological polar surface area (TPSA) is 47.8 Å². The molecule has 2 aromatic heterocycles. The van der Waals surface area contributed by atoms with Crippen LogP contribution in [0.5, 0.6) is 0 Å². The molecule has 0 N–H and O–H groups in total. The van der Waals surface area contributed by atoms with E-state index in [-0.39, 0.29) is 5.78 Å². The molecule has 0 aliphatic heterocycles. The van der Waals surface area contributed by atoms with E-state index in [1.54, 1.807) is 36.3 Å². The summed E-state index contributed by atoms with van der Waals surface area (Å²) in [4.78, 5) is 16.0. The molecule has 0 radical (unpaired) electrons. The lowest BCUT2D eigenvalue weighted by molar-refractivity contribution is 0.103. The van der Waals surface area contributed by atoms with Crippen molar-refractivity contribution in [1.82, 2.24) is 14.8 Å². The van der Waals surface area contributed by atoms with Crippen LogP contribution in [0.3, 0.4) is 0 Å². The molecule has 0 saturated carbocycles. The minimum atomic E-state index is -0.0532. The molecule has 0 aliphatic rings. The number of hydrogen-bond donors (Lipinski definition) is 0. The summed E-state index contributed by atoms with van der Waals surface area (Å²) in [6.07, 6.45) is 3.19. The van der Waals surface area contributed by atoms with E-state index in [4.69, 9.17) is 0 Å². The zero-order chi connectivity index (χ0) is 10.8. The van der Waals surface area contributed by atoms with E-state index in [2.05, 4.69) is 10.1 Å². The highest BCUT2D eigenvalue weighted by Crippen LogP contribution is 2.07. The minimum Gasteiger partial charge on any atom is -0.287 e. The highest BCUT2D eigenvalue weighted by molar-refractivity contribution is 6.07. The Kier molecular flexibility index (Phi) is 2.33. The SMILES string of the molecule is Cc1ccc(C(=O)c2ccnn2C)cn1. The maximum atomic E-state index is 11.9. The first kappa shape index (κ1) is 9.58. The fourth-order valence-electron chi connectivity index (χ4n) is 1.35. The van der Waals surface area contributed by atoms with Crippen LogP contribution in [0.25, 0.3) is 0 Å². The van der Waals surface area contributed by atoms with Gasteiger partial charge in [-0.15, -0.1) is 0 Å². The van der Waals surface area contributed by atoms with Crippen molar-refractivity contribution in [2.24, 2.45) is 7.05 Å². The molecule has 0 fully saturated rings. The van der Waals surface area contributed by atoms with Crippen LogP contribution in [0.15, 0.2) is 30.6 Å². The monoisotopic (exact) mass is 201 g/mol. The largest absolute Gasteiger partial charge is 0.287 e. The van der Waals surface area contributed by atoms with Gasteiger partial charge in [0.05, 0.1) is 0 Å². The Morgan fingerprint density at radius 3 is 2.67 bits per heavy atom. The third-order valence-electron chi connectivity index (χ3n) is 2.23. The third-order valence-corrected chi connectivity index (χ3v) is 2.23. The van der Waals surface area contributed by atoms with Crippen molar-refractivity contribution in [3.8, 4) is 0 Å². The van der Waals surface area contributed by atoms with Crippen LogP contribution in [-0.2, 0) is 7.05 Å². The molecule has 2 aromatic rings. The van der Waals surface area contributed by atoms with Gasteiger partial charge in [-0.2, -0.15) is 5.10 Å². The standard InChI is InChI=1S/C11H11N3O/c1-8-3-4-9(7-12-8)11(15)10-5-6-13-14(10)2/h3-7H,1-2H3. The molecule has 15 heavy (non-hydrogen) atoms. The second-order valence-corrected chi connectivity index (χ2v) is 3.36. The summed E-state index contributed by atoms with van der Waals surface area (Å²) in [5.41, 5.74) is 2.06. The van der Waals surface area contributed by atoms with Crippen molar-refractivity contribution < 1.29 is 4.79 Å². The molecular formula is C11H11N3O. The Labute approximate surface area is 87.6 Å². The molecule has 76 valence electrons. The van der Waals surface area contributed by atoms with Gasteiger partial charge >= 0.3 is 0 Å². The van der Waals surface area contributed by atoms with Crippen molar-refractivity contribution in [3.63, 3.8) is 0 Å². The van der Waals surface area contributed by atoms with Crippen LogP contribution < -0.4 is 0 Å². The van der Waals surface area contributed by atoms with E-state index in [1.165, 1.54) is 0 Å². The zero-order valence-corrected chi connectivity index (χ0v) is 8.64. The van der Waals surface area contributed by atoms with Gasteiger partial charge < -0.3 is 0 Å². The van der Waals surface area contributed by atoms with Crippen LogP contribution in [0, 0.1) is 6.92 Å². The zero-order valence-electron chi connectivity index (χ0n) is 8.64. The molecule has 0 amide bonds. The molecule has 2 heterocycles. The van der Waals surface area contributed by atoms with Crippen molar-refractivity contribution in [2.75, 3.05) is 0 Å². The Bertz CT molecular complexity index is 485. The molecule has 0 spiro atoms. The molecule has 0 aromatic carbocycles. The van der Waals surface area contributed by atoms with E-state index in [0.29, 0.717) is 11.3 Å². The lowest BCUT2D eigenvalue weighted by Crippen LogP contribution is -2.08. The minimum absolute atomic E-state index is 0.0532. The van der Waals surface area contributed by atoms with E-state index in [9.17, 15) is 4.79 Å². The molecule has 0 bridgehead atoms. The van der Waals surface area contributed by atoms with Crippen molar-refractivity contribution >= 4 is 5.78 Å². The lowest BCUT2D eigenvalue weighted by atomic mass is 10.1. The molecule has 4 heteroatoms. The fourth-order valence-corrected chi connectivity index (χ4v) is 1.35. The number of aromatic nitrogens is 3. The number of ketones is 1. The smallest absolute Gasteiger partial charge is 0.212 e. The first-order chi connectivity index (χ1) is 7.18. The van der Waals surface area contributed by atoms with E-state index >= 15 is 0 Å². The maximum absolute atomic E-state index is 11.9. The van der Waals surface area contributed by atoms with Crippen molar-refractivity contribution in [3.05, 3.63) is 47.5 Å². The highest BCUT2D eigenvalue weighted by atomic mass is 16.1. The van der Waals surface area contributed by atoms with Crippen LogP contribution in [-0.4, -0.2) is 20.5 Å². The number of carbonyl (C=O) groups is 1. The van der Waals surface area contributed by atoms with E-state index in [0.717, 1.165) is 5.69 Å². The Morgan fingerprint density at radius 1 is 1.33 bits per heavy atom. The van der Waals surface area contributed by atoms with Crippen LogP contribution >= 0.6 is 0 Å². The number of aryl methyl sites for hydroxylation is 2. The van der Waals surface area contributed by atoms with Gasteiger partial charge in [-0.05, 0) is 25.1 Å². The van der Waals surface area contributed by atoms with Gasteiger partial charge in [-0.25, -0.2) is 0 Å². The van der Waals surface area contributed by atoms with Gasteiger partial charge in [0.2, 0.25) is 5.78 Å². The normalized spacial score (nSPS) is 10.3. The van der Waals surface area contributed by atoms with Crippen molar-refractivity contribution in [2.45, 2.75) is 6.92 Å². The van der Waals surface area contributed by atoms with Gasteiger partial charge in [-0.1, -0.05) is 0 Å². The van der Waals surface area contributed by atoms with Crippen LogP contribution in [0.4, 0.5) is 0 Å². The number of carbonyl (C=O) groups excluding carboxylic acids is 1. The van der Waals surface area contributed by atoms with Gasteiger partial charge in [0.15, 0.2) is 0 Å². The number of rotatable bonds is 2. The van der Waals surface area contributed by atoms with Crippen LogP contribution in [0.1, 0.15) is 21.7 Å². The Balaban J connectivity index is 2.37. The molecule has 0 atom stereocenters. The van der Waals surface area contributed by atoms with Crippen LogP contribution in [0.2, 0.25) is 0 Å². The molecular weight excluding hydrogens is 190 g/mol. The molecule has 0 unspecified atom stereocenters. The average molecular weight is 201 g/mol. The summed E-state index contributed by atoms with van der Waals surface area (Å²) in [5.74, 6) is -0.0532. The predicted molar refractivity (Wildman–Crippen MR) is 55.6 cm³/mol. The van der Waals surface area contributed by atoms with E-state index < -0.39 is 0 Å². The second-order valence-electron chi connectivity index (χ2n) is 3.36. The maximum Gasteiger partial charge on any atom is 0.212 e. The summed E-state index contributed by atoms with van der Waals surface area (Å²) >= 11 is 0. The van der Waals surface area contributed by atoms with Gasteiger partial charge in [0.1, 0.15) is 5.69 Å². The molecule has 0 aliphatic carbocycles. The highest BCUT2D eigenvalue weighted by Gasteiger charge is 2.12. The average Bonchev–Trinajstić information content (AvgIpc) is 2.65. The van der Waals surface area contributed by atoms with Gasteiger partial charge in [-0.3, -0.25) is 14.5 Å². The number of pyridine rings is 1. The Hall–Kier alpha value is -1.97. The first-order valence-electron chi connectivity index (χ1n) is 4.64. The summed E-state index contributed by atoms with van der Waals surface area (Å²) < 4.78 is 1.56. The Morgan fingerprint density at radius 2 is 2.13 bits per heavy atom. The molecule has 4 nitrogen and oxygen atoms in total. The summed E-state index contributed by atoms with van der Waals surface area (Å²) in [5, 5.41) is 3.96. The summed E-state index contributed by atoms with van der Waals surface area (Å²) in [7, 11) is 1.74. The third kappa shape index (κ3) is 1.79. The van der Waals surface area contributed by atoms with Crippen molar-refractivity contribution in [1.29, 1.82) is 0 Å². The van der Waals surface area contributed by atoms with Gasteiger partial charge in [0, 0.05) is 30.7 Å². The second kappa shape index (κ2) is 3.65. The number of hydrogen-bond acceptors (Lipinski definition) is 3. The summed E-state index contributed by atoms with van der Waals surface area (Å²) in [6.45, 7) is 1.89. The fraction of sp³-hybridized carbons (Fsp3) is 0.182. The number of nitrogens with zero attached hydrogens (tertiary/aromatic N) is 3. The lowest BCUT2D eigenvalue weighted by Gasteiger charge is -2.01. The predicted octanol–water partition coefficient (Wildman–Crippen LogP) is 1.35. The molecule has 0 saturated heterocycles. The quantitative estimate of drug-likeness (QED) is 0.689.